The Morgan fingerprint density at radius 2 is 1.80 bits per heavy atom. The third-order valence-corrected chi connectivity index (χ3v) is 1.98. The predicted octanol–water partition coefficient (Wildman–Crippen LogP) is 1.02. The zero-order valence-corrected chi connectivity index (χ0v) is 7.04. The third kappa shape index (κ3) is 2.67. The Balaban J connectivity index is 3.80. The van der Waals surface area contributed by atoms with Crippen LogP contribution in [-0.4, -0.2) is 22.9 Å². The van der Waals surface area contributed by atoms with E-state index in [9.17, 15) is 5.11 Å². The van der Waals surface area contributed by atoms with E-state index in [1.807, 2.05) is 20.8 Å². The van der Waals surface area contributed by atoms with Gasteiger partial charge < -0.3 is 10.2 Å². The summed E-state index contributed by atoms with van der Waals surface area (Å²) in [5.41, 5.74) is 0. The lowest BCUT2D eigenvalue weighted by molar-refractivity contribution is 0.0393. The molecule has 0 aliphatic rings. The van der Waals surface area contributed by atoms with E-state index in [2.05, 4.69) is 0 Å². The fourth-order valence-corrected chi connectivity index (χ4v) is 1.08. The second-order valence-electron chi connectivity index (χ2n) is 3.07. The first kappa shape index (κ1) is 9.92. The van der Waals surface area contributed by atoms with Crippen molar-refractivity contribution in [2.75, 3.05) is 6.61 Å². The lowest BCUT2D eigenvalue weighted by Crippen LogP contribution is -2.27. The predicted molar refractivity (Wildman–Crippen MR) is 41.7 cm³/mol. The molecule has 0 aromatic carbocycles. The largest absolute Gasteiger partial charge is 0.396 e. The van der Waals surface area contributed by atoms with Gasteiger partial charge in [-0.3, -0.25) is 0 Å². The molecule has 62 valence electrons. The van der Waals surface area contributed by atoms with E-state index in [1.165, 1.54) is 0 Å². The molecule has 0 amide bonds. The first-order valence-corrected chi connectivity index (χ1v) is 3.92. The highest BCUT2D eigenvalue weighted by Crippen LogP contribution is 2.16. The van der Waals surface area contributed by atoms with Crippen LogP contribution in [0.4, 0.5) is 0 Å². The van der Waals surface area contributed by atoms with Crippen LogP contribution < -0.4 is 0 Å². The topological polar surface area (TPSA) is 40.5 Å². The van der Waals surface area contributed by atoms with Crippen molar-refractivity contribution >= 4 is 0 Å². The number of aliphatic hydroxyl groups excluding tert-OH is 2. The zero-order valence-electron chi connectivity index (χ0n) is 7.04. The molecule has 0 saturated carbocycles. The molecule has 0 spiro atoms. The van der Waals surface area contributed by atoms with Crippen LogP contribution in [0, 0.1) is 11.8 Å². The SMILES string of the molecule is CC[C@@H](O)C(CO)C(C)C. The van der Waals surface area contributed by atoms with Gasteiger partial charge in [-0.15, -0.1) is 0 Å². The van der Waals surface area contributed by atoms with E-state index >= 15 is 0 Å². The molecule has 0 aliphatic carbocycles. The van der Waals surface area contributed by atoms with Crippen LogP contribution in [0.15, 0.2) is 0 Å². The second-order valence-corrected chi connectivity index (χ2v) is 3.07. The molecule has 0 rings (SSSR count). The molecule has 0 bridgehead atoms. The maximum atomic E-state index is 9.33. The van der Waals surface area contributed by atoms with Gasteiger partial charge in [0.2, 0.25) is 0 Å². The molecule has 2 heteroatoms. The summed E-state index contributed by atoms with van der Waals surface area (Å²) in [7, 11) is 0. The van der Waals surface area contributed by atoms with Crippen LogP contribution >= 0.6 is 0 Å². The van der Waals surface area contributed by atoms with Gasteiger partial charge in [-0.05, 0) is 12.3 Å². The van der Waals surface area contributed by atoms with Gasteiger partial charge in [-0.1, -0.05) is 20.8 Å². The summed E-state index contributed by atoms with van der Waals surface area (Å²) in [6.45, 7) is 6.04. The zero-order chi connectivity index (χ0) is 8.15. The molecule has 2 N–H and O–H groups in total. The molecular formula is C8H18O2. The average Bonchev–Trinajstić information content (AvgIpc) is 1.88. The highest BCUT2D eigenvalue weighted by atomic mass is 16.3. The minimum Gasteiger partial charge on any atom is -0.396 e. The van der Waals surface area contributed by atoms with Crippen molar-refractivity contribution in [3.8, 4) is 0 Å². The number of rotatable bonds is 4. The van der Waals surface area contributed by atoms with Crippen molar-refractivity contribution in [3.63, 3.8) is 0 Å². The maximum Gasteiger partial charge on any atom is 0.0590 e. The molecule has 0 aliphatic heterocycles. The molecule has 2 nitrogen and oxygen atoms in total. The Morgan fingerprint density at radius 3 is 1.90 bits per heavy atom. The van der Waals surface area contributed by atoms with Gasteiger partial charge in [0.25, 0.3) is 0 Å². The van der Waals surface area contributed by atoms with Crippen molar-refractivity contribution in [2.24, 2.45) is 11.8 Å². The maximum absolute atomic E-state index is 9.33. The van der Waals surface area contributed by atoms with Crippen LogP contribution in [0.1, 0.15) is 27.2 Å². The molecule has 0 aromatic heterocycles. The van der Waals surface area contributed by atoms with E-state index in [1.54, 1.807) is 0 Å². The third-order valence-electron chi connectivity index (χ3n) is 1.98. The first-order valence-electron chi connectivity index (χ1n) is 3.92. The second kappa shape index (κ2) is 4.69. The molecular weight excluding hydrogens is 128 g/mol. The highest BCUT2D eigenvalue weighted by molar-refractivity contribution is 4.69. The van der Waals surface area contributed by atoms with Crippen molar-refractivity contribution in [3.05, 3.63) is 0 Å². The first-order chi connectivity index (χ1) is 4.63. The van der Waals surface area contributed by atoms with E-state index < -0.39 is 0 Å². The number of hydrogen-bond acceptors (Lipinski definition) is 2. The Labute approximate surface area is 62.9 Å². The van der Waals surface area contributed by atoms with Crippen LogP contribution in [0.5, 0.6) is 0 Å². The van der Waals surface area contributed by atoms with Crippen LogP contribution in [0.2, 0.25) is 0 Å². The molecule has 10 heavy (non-hydrogen) atoms. The minimum absolute atomic E-state index is 0.0463. The molecule has 1 unspecified atom stereocenters. The van der Waals surface area contributed by atoms with Gasteiger partial charge in [-0.2, -0.15) is 0 Å². The van der Waals surface area contributed by atoms with Gasteiger partial charge in [0, 0.05) is 12.5 Å². The van der Waals surface area contributed by atoms with Gasteiger partial charge >= 0.3 is 0 Å². The summed E-state index contributed by atoms with van der Waals surface area (Å²) in [6.07, 6.45) is 0.383. The molecule has 0 heterocycles. The van der Waals surface area contributed by atoms with E-state index in [4.69, 9.17) is 5.11 Å². The lowest BCUT2D eigenvalue weighted by Gasteiger charge is -2.22. The standard InChI is InChI=1S/C8H18O2/c1-4-8(10)7(5-9)6(2)3/h6-10H,4-5H2,1-3H3/t7?,8-/m1/s1. The van der Waals surface area contributed by atoms with E-state index in [0.717, 1.165) is 6.42 Å². The molecule has 2 atom stereocenters. The molecule has 0 aromatic rings. The smallest absolute Gasteiger partial charge is 0.0590 e. The van der Waals surface area contributed by atoms with E-state index in [0.29, 0.717) is 5.92 Å². The Kier molecular flexibility index (Phi) is 4.65. The average molecular weight is 146 g/mol. The molecule has 0 saturated heterocycles. The Hall–Kier alpha value is -0.0800. The molecule has 0 fully saturated rings. The van der Waals surface area contributed by atoms with Gasteiger partial charge in [0.15, 0.2) is 0 Å². The van der Waals surface area contributed by atoms with Crippen LogP contribution in [0.25, 0.3) is 0 Å². The fraction of sp³-hybridized carbons (Fsp3) is 1.00. The van der Waals surface area contributed by atoms with E-state index in [-0.39, 0.29) is 18.6 Å². The van der Waals surface area contributed by atoms with Gasteiger partial charge in [0.05, 0.1) is 6.10 Å². The minimum atomic E-state index is -0.343. The molecule has 0 radical (unpaired) electrons. The van der Waals surface area contributed by atoms with Crippen LogP contribution in [0.3, 0.4) is 0 Å². The summed E-state index contributed by atoms with van der Waals surface area (Å²) in [5.74, 6) is 0.407. The van der Waals surface area contributed by atoms with Gasteiger partial charge in [-0.25, -0.2) is 0 Å². The van der Waals surface area contributed by atoms with Crippen molar-refractivity contribution in [1.29, 1.82) is 0 Å². The highest BCUT2D eigenvalue weighted by Gasteiger charge is 2.19. The summed E-state index contributed by atoms with van der Waals surface area (Å²) >= 11 is 0. The fourth-order valence-electron chi connectivity index (χ4n) is 1.08. The van der Waals surface area contributed by atoms with Crippen molar-refractivity contribution < 1.29 is 10.2 Å². The summed E-state index contributed by atoms with van der Waals surface area (Å²) < 4.78 is 0. The number of aliphatic hydroxyl groups is 2. The lowest BCUT2D eigenvalue weighted by atomic mass is 9.90. The summed E-state index contributed by atoms with van der Waals surface area (Å²) in [6, 6.07) is 0. The monoisotopic (exact) mass is 146 g/mol. The Morgan fingerprint density at radius 1 is 1.30 bits per heavy atom. The van der Waals surface area contributed by atoms with Crippen molar-refractivity contribution in [2.45, 2.75) is 33.3 Å². The summed E-state index contributed by atoms with van der Waals surface area (Å²) in [4.78, 5) is 0. The van der Waals surface area contributed by atoms with Gasteiger partial charge in [0.1, 0.15) is 0 Å². The van der Waals surface area contributed by atoms with Crippen molar-refractivity contribution in [1.82, 2.24) is 0 Å². The quantitative estimate of drug-likeness (QED) is 0.621. The summed E-state index contributed by atoms with van der Waals surface area (Å²) in [5, 5.41) is 18.2. The normalized spacial score (nSPS) is 17.4. The number of hydrogen-bond donors (Lipinski definition) is 2. The van der Waals surface area contributed by atoms with Crippen LogP contribution in [-0.2, 0) is 0 Å². The Bertz CT molecular complexity index is 81.3.